The summed E-state index contributed by atoms with van der Waals surface area (Å²) in [6, 6.07) is 17.8. The third-order valence-corrected chi connectivity index (χ3v) is 6.69. The van der Waals surface area contributed by atoms with Crippen LogP contribution in [0.25, 0.3) is 0 Å². The molecule has 0 fully saturated rings. The highest BCUT2D eigenvalue weighted by Gasteiger charge is 2.30. The van der Waals surface area contributed by atoms with Gasteiger partial charge in [0.2, 0.25) is 0 Å². The van der Waals surface area contributed by atoms with E-state index in [-0.39, 0.29) is 17.6 Å². The number of esters is 1. The summed E-state index contributed by atoms with van der Waals surface area (Å²) in [6.07, 6.45) is 0.671. The lowest BCUT2D eigenvalue weighted by atomic mass is 10.0. The first-order chi connectivity index (χ1) is 17.3. The molecule has 0 aromatic heterocycles. The number of hydrogen-bond acceptors (Lipinski definition) is 4. The minimum atomic E-state index is -0.521. The van der Waals surface area contributed by atoms with Crippen molar-refractivity contribution in [3.63, 3.8) is 0 Å². The monoisotopic (exact) mass is 521 g/mol. The Morgan fingerprint density at radius 3 is 2.53 bits per heavy atom. The van der Waals surface area contributed by atoms with Crippen molar-refractivity contribution in [1.82, 2.24) is 0 Å². The molecule has 8 heteroatoms. The van der Waals surface area contributed by atoms with Crippen LogP contribution in [0.15, 0.2) is 60.7 Å². The Hall–Kier alpha value is -3.29. The number of nitrogens with one attached hydrogen (secondary N) is 1. The normalized spacial score (nSPS) is 15.0. The van der Waals surface area contributed by atoms with Crippen LogP contribution in [0.5, 0.6) is 0 Å². The predicted molar refractivity (Wildman–Crippen MR) is 144 cm³/mol. The highest BCUT2D eigenvalue weighted by atomic mass is 35.5. The van der Waals surface area contributed by atoms with E-state index in [4.69, 9.17) is 29.0 Å². The van der Waals surface area contributed by atoms with Crippen LogP contribution < -0.4 is 10.2 Å². The predicted octanol–water partition coefficient (Wildman–Crippen LogP) is 6.43. The second-order valence-electron chi connectivity index (χ2n) is 8.72. The fourth-order valence-electron chi connectivity index (χ4n) is 4.42. The molecule has 0 saturated heterocycles. The first-order valence-electron chi connectivity index (χ1n) is 11.6. The fraction of sp³-hybridized carbons (Fsp3) is 0.250. The Balaban J connectivity index is 1.60. The van der Waals surface area contributed by atoms with E-state index in [0.717, 1.165) is 11.1 Å². The number of fused-ring (bicyclic) bond motifs is 1. The molecule has 1 heterocycles. The van der Waals surface area contributed by atoms with Gasteiger partial charge >= 0.3 is 5.97 Å². The number of carbonyl (C=O) groups is 3. The minimum absolute atomic E-state index is 0.138. The second-order valence-corrected chi connectivity index (χ2v) is 9.45. The Bertz CT molecular complexity index is 1330. The Kier molecular flexibility index (Phi) is 8.01. The van der Waals surface area contributed by atoms with Crippen molar-refractivity contribution in [2.24, 2.45) is 0 Å². The summed E-state index contributed by atoms with van der Waals surface area (Å²) in [5.41, 5.74) is 4.68. The molecular weight excluding hydrogens is 496 g/mol. The van der Waals surface area contributed by atoms with E-state index >= 15 is 0 Å². The largest absolute Gasteiger partial charge is 0.457 e. The molecule has 0 bridgehead atoms. The number of amides is 2. The van der Waals surface area contributed by atoms with Crippen molar-refractivity contribution in [2.45, 2.75) is 32.8 Å². The first kappa shape index (κ1) is 25.8. The lowest BCUT2D eigenvalue weighted by Crippen LogP contribution is -2.32. The van der Waals surface area contributed by atoms with Crippen molar-refractivity contribution in [3.05, 3.63) is 93.5 Å². The van der Waals surface area contributed by atoms with Gasteiger partial charge in [0.1, 0.15) is 11.9 Å². The van der Waals surface area contributed by atoms with Gasteiger partial charge in [0.25, 0.3) is 11.8 Å². The van der Waals surface area contributed by atoms with Crippen LogP contribution >= 0.6 is 24.2 Å². The fourth-order valence-corrected chi connectivity index (χ4v) is 4.67. The average Bonchev–Trinajstić information content (AvgIpc) is 3.03. The number of rotatable bonds is 5. The third-order valence-electron chi connectivity index (χ3n) is 6.22. The smallest absolute Gasteiger partial charge is 0.317 e. The van der Waals surface area contributed by atoms with Crippen LogP contribution in [0.3, 0.4) is 0 Å². The highest BCUT2D eigenvalue weighted by Crippen LogP contribution is 2.38. The summed E-state index contributed by atoms with van der Waals surface area (Å²) in [7, 11) is 0. The number of nitrogens with zero attached hydrogens (tertiary/aromatic N) is 1. The molecule has 3 aromatic carbocycles. The van der Waals surface area contributed by atoms with Gasteiger partial charge < -0.3 is 15.0 Å². The summed E-state index contributed by atoms with van der Waals surface area (Å²) in [5, 5.41) is 3.40. The summed E-state index contributed by atoms with van der Waals surface area (Å²) in [5.74, 6) is -0.992. The molecule has 1 unspecified atom stereocenters. The lowest BCUT2D eigenvalue weighted by Gasteiger charge is -2.25. The number of carbonyl (C=O) groups excluding carboxylic acids is 3. The number of ether oxygens (including phenoxy) is 1. The van der Waals surface area contributed by atoms with E-state index in [0.29, 0.717) is 52.5 Å². The molecule has 4 rings (SSSR count). The quantitative estimate of drug-likeness (QED) is 0.392. The zero-order chi connectivity index (χ0) is 25.8. The topological polar surface area (TPSA) is 75.7 Å². The SMILES string of the molecule is Cc1ccccc1C(=O)Nc1ccc(C(=O)N2CCCC(OC(=O)C[S])c3cc(Cl)ccc32)c(C)c1. The van der Waals surface area contributed by atoms with E-state index in [1.54, 1.807) is 47.4 Å². The van der Waals surface area contributed by atoms with Crippen LogP contribution in [0.1, 0.15) is 56.4 Å². The molecule has 0 saturated carbocycles. The summed E-state index contributed by atoms with van der Waals surface area (Å²) >= 11 is 11.1. The molecule has 0 aliphatic carbocycles. The van der Waals surface area contributed by atoms with Crippen LogP contribution in [0.4, 0.5) is 11.4 Å². The van der Waals surface area contributed by atoms with Gasteiger partial charge in [0, 0.05) is 33.9 Å². The molecule has 36 heavy (non-hydrogen) atoms. The van der Waals surface area contributed by atoms with Crippen molar-refractivity contribution >= 4 is 53.4 Å². The molecule has 2 amide bonds. The molecule has 0 spiro atoms. The van der Waals surface area contributed by atoms with Gasteiger partial charge in [-0.1, -0.05) is 42.4 Å². The van der Waals surface area contributed by atoms with Crippen molar-refractivity contribution in [3.8, 4) is 0 Å². The number of aryl methyl sites for hydroxylation is 2. The summed E-state index contributed by atoms with van der Waals surface area (Å²) < 4.78 is 5.58. The molecule has 1 aliphatic heterocycles. The minimum Gasteiger partial charge on any atom is -0.457 e. The maximum absolute atomic E-state index is 13.7. The van der Waals surface area contributed by atoms with E-state index in [2.05, 4.69) is 5.32 Å². The van der Waals surface area contributed by atoms with Gasteiger partial charge in [-0.2, -0.15) is 0 Å². The van der Waals surface area contributed by atoms with Crippen LogP contribution in [-0.4, -0.2) is 30.1 Å². The summed E-state index contributed by atoms with van der Waals surface area (Å²) in [6.45, 7) is 4.18. The second kappa shape index (κ2) is 11.2. The molecule has 1 aliphatic rings. The van der Waals surface area contributed by atoms with E-state index in [9.17, 15) is 14.4 Å². The van der Waals surface area contributed by atoms with E-state index in [1.165, 1.54) is 0 Å². The van der Waals surface area contributed by atoms with Crippen molar-refractivity contribution in [2.75, 3.05) is 22.5 Å². The Morgan fingerprint density at radius 1 is 1.03 bits per heavy atom. The van der Waals surface area contributed by atoms with Gasteiger partial charge in [-0.15, -0.1) is 0 Å². The molecule has 3 aromatic rings. The first-order valence-corrected chi connectivity index (χ1v) is 12.6. The number of anilines is 2. The van der Waals surface area contributed by atoms with Gasteiger partial charge in [0.15, 0.2) is 0 Å². The molecule has 1 radical (unpaired) electrons. The van der Waals surface area contributed by atoms with Crippen molar-refractivity contribution < 1.29 is 19.1 Å². The molecule has 1 N–H and O–H groups in total. The highest BCUT2D eigenvalue weighted by molar-refractivity contribution is 7.81. The third kappa shape index (κ3) is 5.58. The van der Waals surface area contributed by atoms with Gasteiger partial charge in [0.05, 0.1) is 5.69 Å². The van der Waals surface area contributed by atoms with Crippen LogP contribution in [-0.2, 0) is 9.53 Å². The van der Waals surface area contributed by atoms with E-state index < -0.39 is 12.1 Å². The van der Waals surface area contributed by atoms with Crippen molar-refractivity contribution in [1.29, 1.82) is 0 Å². The van der Waals surface area contributed by atoms with Gasteiger partial charge in [-0.3, -0.25) is 14.4 Å². The molecule has 6 nitrogen and oxygen atoms in total. The maximum Gasteiger partial charge on any atom is 0.317 e. The van der Waals surface area contributed by atoms with Crippen LogP contribution in [0.2, 0.25) is 5.02 Å². The number of benzene rings is 3. The van der Waals surface area contributed by atoms with Gasteiger partial charge in [-0.25, -0.2) is 0 Å². The Labute approximate surface area is 221 Å². The lowest BCUT2D eigenvalue weighted by molar-refractivity contribution is -0.146. The van der Waals surface area contributed by atoms with Gasteiger partial charge in [-0.05, 0) is 80.3 Å². The molecule has 185 valence electrons. The molecular formula is C28H26ClN2O4S. The Morgan fingerprint density at radius 2 is 1.81 bits per heavy atom. The van der Waals surface area contributed by atoms with E-state index in [1.807, 2.05) is 32.0 Å². The number of hydrogen-bond donors (Lipinski definition) is 1. The average molecular weight is 522 g/mol. The number of halogens is 1. The molecule has 1 atom stereocenters. The maximum atomic E-state index is 13.7. The zero-order valence-electron chi connectivity index (χ0n) is 20.0. The standard InChI is InChI=1S/C28H26ClN2O4S/c1-17-6-3-4-7-21(17)27(33)30-20-10-11-22(18(2)14-20)28(34)31-13-5-8-25(35-26(32)16-36)23-15-19(29)9-12-24(23)31/h3-4,6-7,9-12,14-15,25H,5,8,13,16H2,1-2H3,(H,30,33). The van der Waals surface area contributed by atoms with Crippen LogP contribution in [0, 0.1) is 13.8 Å². The summed E-state index contributed by atoms with van der Waals surface area (Å²) in [4.78, 5) is 40.0. The zero-order valence-corrected chi connectivity index (χ0v) is 21.6.